The fourth-order valence-electron chi connectivity index (χ4n) is 1.78. The van der Waals surface area contributed by atoms with Crippen LogP contribution in [0.4, 0.5) is 0 Å². The summed E-state index contributed by atoms with van der Waals surface area (Å²) in [7, 11) is 2.67. The Hall–Kier alpha value is -1.99. The summed E-state index contributed by atoms with van der Waals surface area (Å²) in [6.45, 7) is 0. The average Bonchev–Trinajstić information content (AvgIpc) is 2.67. The second-order valence-corrected chi connectivity index (χ2v) is 7.71. The van der Waals surface area contributed by atoms with Crippen molar-refractivity contribution in [3.05, 3.63) is 70.8 Å². The zero-order valence-corrected chi connectivity index (χ0v) is 16.7. The van der Waals surface area contributed by atoms with Gasteiger partial charge in [-0.1, -0.05) is 56.1 Å². The van der Waals surface area contributed by atoms with Crippen molar-refractivity contribution in [2.24, 2.45) is 0 Å². The van der Waals surface area contributed by atoms with Gasteiger partial charge < -0.3 is 9.47 Å². The van der Waals surface area contributed by atoms with Gasteiger partial charge in [-0.3, -0.25) is 4.79 Å². The van der Waals surface area contributed by atoms with Gasteiger partial charge in [0, 0.05) is 5.56 Å². The predicted octanol–water partition coefficient (Wildman–Crippen LogP) is 4.55. The van der Waals surface area contributed by atoms with Gasteiger partial charge in [0.15, 0.2) is 0 Å². The Morgan fingerprint density at radius 1 is 0.920 bits per heavy atom. The Kier molecular flexibility index (Phi) is 9.08. The van der Waals surface area contributed by atoms with Crippen molar-refractivity contribution in [1.29, 1.82) is 0 Å². The molecule has 0 aliphatic carbocycles. The van der Waals surface area contributed by atoms with E-state index in [0.717, 1.165) is 5.56 Å². The summed E-state index contributed by atoms with van der Waals surface area (Å²) in [5, 5.41) is 0. The second-order valence-electron chi connectivity index (χ2n) is 4.65. The minimum atomic E-state index is -0.432. The lowest BCUT2D eigenvalue weighted by Crippen LogP contribution is -2.01. The molecule has 0 unspecified atom stereocenters. The van der Waals surface area contributed by atoms with Gasteiger partial charge in [-0.25, -0.2) is 9.59 Å². The van der Waals surface area contributed by atoms with Crippen molar-refractivity contribution in [2.45, 2.75) is 3.74 Å². The Morgan fingerprint density at radius 2 is 1.44 bits per heavy atom. The van der Waals surface area contributed by atoms with Crippen LogP contribution in [0, 0.1) is 0 Å². The monoisotopic (exact) mass is 470 g/mol. The van der Waals surface area contributed by atoms with Crippen LogP contribution >= 0.6 is 31.9 Å². The van der Waals surface area contributed by atoms with Crippen molar-refractivity contribution in [3.63, 3.8) is 0 Å². The summed E-state index contributed by atoms with van der Waals surface area (Å²) < 4.78 is 9.14. The van der Waals surface area contributed by atoms with Gasteiger partial charge >= 0.3 is 11.9 Å². The first kappa shape index (κ1) is 21.1. The molecule has 0 aliphatic heterocycles. The van der Waals surface area contributed by atoms with E-state index in [9.17, 15) is 14.4 Å². The molecule has 0 heterocycles. The van der Waals surface area contributed by atoms with Crippen LogP contribution in [0.5, 0.6) is 0 Å². The third kappa shape index (κ3) is 6.80. The minimum absolute atomic E-state index is 0.0598. The summed E-state index contributed by atoms with van der Waals surface area (Å²) in [5.74, 6) is -0.749. The lowest BCUT2D eigenvalue weighted by molar-refractivity contribution is 0.0591. The van der Waals surface area contributed by atoms with E-state index < -0.39 is 5.97 Å². The number of aldehydes is 1. The molecule has 2 aromatic rings. The highest BCUT2D eigenvalue weighted by Gasteiger charge is 2.08. The first-order valence-electron chi connectivity index (χ1n) is 7.03. The van der Waals surface area contributed by atoms with Gasteiger partial charge in [0.25, 0.3) is 0 Å². The maximum atomic E-state index is 11.1. The largest absolute Gasteiger partial charge is 0.465 e. The third-order valence-corrected chi connectivity index (χ3v) is 4.06. The van der Waals surface area contributed by atoms with E-state index >= 15 is 0 Å². The number of rotatable bonds is 4. The van der Waals surface area contributed by atoms with Crippen molar-refractivity contribution < 1.29 is 23.9 Å². The highest BCUT2D eigenvalue weighted by Crippen LogP contribution is 2.29. The number of hydrogen-bond acceptors (Lipinski definition) is 5. The molecular weight excluding hydrogens is 456 g/mol. The van der Waals surface area contributed by atoms with E-state index in [1.54, 1.807) is 30.3 Å². The van der Waals surface area contributed by atoms with Gasteiger partial charge in [-0.05, 0) is 29.8 Å². The maximum Gasteiger partial charge on any atom is 0.337 e. The molecule has 0 atom stereocenters. The van der Waals surface area contributed by atoms with E-state index in [0.29, 0.717) is 23.0 Å². The minimum Gasteiger partial charge on any atom is -0.465 e. The van der Waals surface area contributed by atoms with E-state index in [2.05, 4.69) is 41.3 Å². The van der Waals surface area contributed by atoms with Gasteiger partial charge in [0.1, 0.15) is 6.29 Å². The molecule has 2 aromatic carbocycles. The fourth-order valence-corrected chi connectivity index (χ4v) is 2.35. The molecule has 5 nitrogen and oxygen atoms in total. The number of halogens is 2. The summed E-state index contributed by atoms with van der Waals surface area (Å²) in [4.78, 5) is 32.4. The van der Waals surface area contributed by atoms with Crippen LogP contribution < -0.4 is 0 Å². The predicted molar refractivity (Wildman–Crippen MR) is 102 cm³/mol. The third-order valence-electron chi connectivity index (χ3n) is 3.00. The van der Waals surface area contributed by atoms with E-state index in [-0.39, 0.29) is 9.71 Å². The van der Waals surface area contributed by atoms with Gasteiger partial charge in [0.2, 0.25) is 0 Å². The average molecular weight is 472 g/mol. The molecule has 25 heavy (non-hydrogen) atoms. The molecule has 0 fully saturated rings. The molecule has 2 rings (SSSR count). The molecule has 7 heteroatoms. The molecule has 0 amide bonds. The van der Waals surface area contributed by atoms with Gasteiger partial charge in [-0.15, -0.1) is 0 Å². The lowest BCUT2D eigenvalue weighted by atomic mass is 10.1. The highest BCUT2D eigenvalue weighted by molar-refractivity contribution is 9.24. The van der Waals surface area contributed by atoms with Gasteiger partial charge in [-0.2, -0.15) is 0 Å². The quantitative estimate of drug-likeness (QED) is 0.371. The van der Waals surface area contributed by atoms with Crippen LogP contribution in [0.1, 0.15) is 40.4 Å². The van der Waals surface area contributed by atoms with E-state index in [1.807, 2.05) is 12.1 Å². The smallest absolute Gasteiger partial charge is 0.337 e. The van der Waals surface area contributed by atoms with E-state index in [4.69, 9.17) is 0 Å². The van der Waals surface area contributed by atoms with Crippen molar-refractivity contribution in [3.8, 4) is 0 Å². The highest BCUT2D eigenvalue weighted by atomic mass is 79.9. The normalized spacial score (nSPS) is 9.64. The zero-order valence-electron chi connectivity index (χ0n) is 13.6. The van der Waals surface area contributed by atoms with Crippen LogP contribution in [0.25, 0.3) is 0 Å². The number of methoxy groups -OCH3 is 2. The zero-order chi connectivity index (χ0) is 18.8. The topological polar surface area (TPSA) is 69.7 Å². The van der Waals surface area contributed by atoms with Crippen LogP contribution in [0.3, 0.4) is 0 Å². The molecule has 0 radical (unpaired) electrons. The SMILES string of the molecule is COC(=O)c1cccc(C(Br)Br)c1.COC(=O)c1cccc(C=O)c1. The number of alkyl halides is 2. The number of benzene rings is 2. The van der Waals surface area contributed by atoms with E-state index in [1.165, 1.54) is 20.3 Å². The first-order chi connectivity index (χ1) is 11.9. The van der Waals surface area contributed by atoms with Crippen LogP contribution in [0.2, 0.25) is 0 Å². The molecule has 0 N–H and O–H groups in total. The molecule has 0 bridgehead atoms. The molecule has 0 saturated heterocycles. The second kappa shape index (κ2) is 10.8. The molecule has 0 aliphatic rings. The van der Waals surface area contributed by atoms with Crippen molar-refractivity contribution in [1.82, 2.24) is 0 Å². The Labute approximate surface area is 162 Å². The van der Waals surface area contributed by atoms with Crippen LogP contribution in [-0.2, 0) is 9.47 Å². The van der Waals surface area contributed by atoms with Crippen molar-refractivity contribution in [2.75, 3.05) is 14.2 Å². The molecule has 0 spiro atoms. The number of hydrogen-bond donors (Lipinski definition) is 0. The lowest BCUT2D eigenvalue weighted by Gasteiger charge is -2.04. The fraction of sp³-hybridized carbons (Fsp3) is 0.167. The first-order valence-corrected chi connectivity index (χ1v) is 8.86. The maximum absolute atomic E-state index is 11.1. The summed E-state index contributed by atoms with van der Waals surface area (Å²) in [5.41, 5.74) is 2.41. The Morgan fingerprint density at radius 3 is 1.92 bits per heavy atom. The van der Waals surface area contributed by atoms with Crippen molar-refractivity contribution >= 4 is 50.1 Å². The Bertz CT molecular complexity index is 744. The molecule has 132 valence electrons. The summed E-state index contributed by atoms with van der Waals surface area (Å²) >= 11 is 6.70. The molecular formula is C18H16Br2O5. The summed E-state index contributed by atoms with van der Waals surface area (Å²) in [6.07, 6.45) is 0.687. The summed E-state index contributed by atoms with van der Waals surface area (Å²) in [6, 6.07) is 13.6. The Balaban J connectivity index is 0.000000251. The molecule has 0 aromatic heterocycles. The number of ether oxygens (including phenoxy) is 2. The van der Waals surface area contributed by atoms with Crippen LogP contribution in [-0.4, -0.2) is 32.4 Å². The number of carbonyl (C=O) groups excluding carboxylic acids is 3. The number of esters is 2. The number of carbonyl (C=O) groups is 3. The molecule has 0 saturated carbocycles. The van der Waals surface area contributed by atoms with Crippen LogP contribution in [0.15, 0.2) is 48.5 Å². The van der Waals surface area contributed by atoms with Gasteiger partial charge in [0.05, 0.1) is 29.1 Å². The standard InChI is InChI=1S/C9H8Br2O2.C9H8O3/c1-13-9(12)7-4-2-3-6(5-7)8(10)11;1-12-9(11)8-4-2-3-7(5-8)6-10/h2-5,8H,1H3;2-6H,1H3.